The van der Waals surface area contributed by atoms with Crippen molar-refractivity contribution < 1.29 is 14.3 Å². The highest BCUT2D eigenvalue weighted by Crippen LogP contribution is 2.29. The van der Waals surface area contributed by atoms with Crippen molar-refractivity contribution >= 4 is 17.5 Å². The van der Waals surface area contributed by atoms with Crippen LogP contribution in [-0.4, -0.2) is 17.9 Å². The fraction of sp³-hybridized carbons (Fsp3) is 0.364. The number of hydrogen-bond acceptors (Lipinski definition) is 3. The lowest BCUT2D eigenvalue weighted by atomic mass is 10.00. The molecule has 0 fully saturated rings. The molecule has 0 spiro atoms. The zero-order chi connectivity index (χ0) is 19.4. The Kier molecular flexibility index (Phi) is 5.79. The van der Waals surface area contributed by atoms with Crippen molar-refractivity contribution in [3.8, 4) is 5.75 Å². The maximum atomic E-state index is 12.4. The standard InChI is InChI=1S/C22H26N2O3/c1-14(2)12-16-8-10-17(11-9-16)15(3)23-21(25)13-20-22(26)24-18-6-4-5-7-19(18)27-20/h4-11,14-15,20H,12-13H2,1-3H3,(H,23,25)(H,24,26)/t15-,20-/m1/s1. The molecule has 0 saturated carbocycles. The van der Waals surface area contributed by atoms with Crippen LogP contribution in [0.3, 0.4) is 0 Å². The topological polar surface area (TPSA) is 67.4 Å². The fourth-order valence-electron chi connectivity index (χ4n) is 3.19. The molecule has 2 amide bonds. The Morgan fingerprint density at radius 3 is 2.52 bits per heavy atom. The van der Waals surface area contributed by atoms with Crippen LogP contribution in [0, 0.1) is 5.92 Å². The van der Waals surface area contributed by atoms with E-state index in [1.54, 1.807) is 12.1 Å². The predicted molar refractivity (Wildman–Crippen MR) is 106 cm³/mol. The van der Waals surface area contributed by atoms with Crippen LogP contribution >= 0.6 is 0 Å². The second-order valence-corrected chi connectivity index (χ2v) is 7.42. The minimum absolute atomic E-state index is 0.0179. The second kappa shape index (κ2) is 8.25. The van der Waals surface area contributed by atoms with Crippen LogP contribution in [-0.2, 0) is 16.0 Å². The normalized spacial score (nSPS) is 16.9. The highest BCUT2D eigenvalue weighted by Gasteiger charge is 2.29. The van der Waals surface area contributed by atoms with Gasteiger partial charge in [-0.2, -0.15) is 0 Å². The van der Waals surface area contributed by atoms with E-state index in [0.29, 0.717) is 17.4 Å². The van der Waals surface area contributed by atoms with Crippen molar-refractivity contribution in [2.45, 2.75) is 45.8 Å². The zero-order valence-electron chi connectivity index (χ0n) is 16.0. The van der Waals surface area contributed by atoms with Crippen LogP contribution in [0.15, 0.2) is 48.5 Å². The summed E-state index contributed by atoms with van der Waals surface area (Å²) in [6.07, 6.45) is 0.201. The summed E-state index contributed by atoms with van der Waals surface area (Å²) in [5.41, 5.74) is 2.96. The molecule has 0 radical (unpaired) electrons. The molecule has 142 valence electrons. The minimum atomic E-state index is -0.819. The Balaban J connectivity index is 1.56. The van der Waals surface area contributed by atoms with Crippen molar-refractivity contribution in [1.82, 2.24) is 5.32 Å². The van der Waals surface area contributed by atoms with Gasteiger partial charge in [0.15, 0.2) is 6.10 Å². The second-order valence-electron chi connectivity index (χ2n) is 7.42. The van der Waals surface area contributed by atoms with Crippen molar-refractivity contribution in [3.05, 3.63) is 59.7 Å². The first kappa shape index (κ1) is 19.0. The molecule has 0 unspecified atom stereocenters. The van der Waals surface area contributed by atoms with Gasteiger partial charge in [-0.25, -0.2) is 0 Å². The van der Waals surface area contributed by atoms with Crippen LogP contribution in [0.25, 0.3) is 0 Å². The Bertz CT molecular complexity index is 815. The molecule has 5 heteroatoms. The summed E-state index contributed by atoms with van der Waals surface area (Å²) in [7, 11) is 0. The first-order chi connectivity index (χ1) is 12.9. The number of nitrogens with one attached hydrogen (secondary N) is 2. The summed E-state index contributed by atoms with van der Waals surface area (Å²) in [6, 6.07) is 15.4. The van der Waals surface area contributed by atoms with Gasteiger partial charge in [-0.05, 0) is 42.5 Å². The number of fused-ring (bicyclic) bond motifs is 1. The summed E-state index contributed by atoms with van der Waals surface area (Å²) in [5.74, 6) is 0.686. The van der Waals surface area contributed by atoms with Gasteiger partial charge in [-0.1, -0.05) is 50.2 Å². The third kappa shape index (κ3) is 4.88. The van der Waals surface area contributed by atoms with Crippen molar-refractivity contribution in [1.29, 1.82) is 0 Å². The van der Waals surface area contributed by atoms with Crippen molar-refractivity contribution in [2.24, 2.45) is 5.92 Å². The third-order valence-corrected chi connectivity index (χ3v) is 4.58. The van der Waals surface area contributed by atoms with E-state index in [2.05, 4.69) is 36.6 Å². The Hall–Kier alpha value is -2.82. The van der Waals surface area contributed by atoms with E-state index in [9.17, 15) is 9.59 Å². The number of hydrogen-bond donors (Lipinski definition) is 2. The minimum Gasteiger partial charge on any atom is -0.478 e. The number of carbonyl (C=O) groups is 2. The molecular formula is C22H26N2O3. The van der Waals surface area contributed by atoms with E-state index < -0.39 is 6.10 Å². The van der Waals surface area contributed by atoms with Crippen LogP contribution in [0.1, 0.15) is 44.4 Å². The summed E-state index contributed by atoms with van der Waals surface area (Å²) in [6.45, 7) is 6.32. The summed E-state index contributed by atoms with van der Waals surface area (Å²) in [5, 5.41) is 5.73. The van der Waals surface area contributed by atoms with E-state index in [1.165, 1.54) is 5.56 Å². The highest BCUT2D eigenvalue weighted by molar-refractivity contribution is 5.99. The number of carbonyl (C=O) groups excluding carboxylic acids is 2. The van der Waals surface area contributed by atoms with Crippen LogP contribution in [0.2, 0.25) is 0 Å². The van der Waals surface area contributed by atoms with Crippen molar-refractivity contribution in [3.63, 3.8) is 0 Å². The van der Waals surface area contributed by atoms with E-state index in [4.69, 9.17) is 4.74 Å². The molecule has 1 aliphatic rings. The number of benzene rings is 2. The lowest BCUT2D eigenvalue weighted by Crippen LogP contribution is -2.41. The molecule has 0 aliphatic carbocycles. The van der Waals surface area contributed by atoms with Crippen LogP contribution in [0.5, 0.6) is 5.75 Å². The molecular weight excluding hydrogens is 340 g/mol. The van der Waals surface area contributed by atoms with Gasteiger partial charge in [0, 0.05) is 0 Å². The molecule has 2 aromatic rings. The quantitative estimate of drug-likeness (QED) is 0.816. The van der Waals surface area contributed by atoms with Gasteiger partial charge < -0.3 is 15.4 Å². The molecule has 2 atom stereocenters. The molecule has 0 aromatic heterocycles. The van der Waals surface area contributed by atoms with Gasteiger partial charge in [0.1, 0.15) is 5.75 Å². The number of rotatable bonds is 6. The SMILES string of the molecule is CC(C)Cc1ccc([C@@H](C)NC(=O)C[C@H]2Oc3ccccc3NC2=O)cc1. The summed E-state index contributed by atoms with van der Waals surface area (Å²) < 4.78 is 5.68. The summed E-state index contributed by atoms with van der Waals surface area (Å²) >= 11 is 0. The molecule has 2 N–H and O–H groups in total. The number of ether oxygens (including phenoxy) is 1. The summed E-state index contributed by atoms with van der Waals surface area (Å²) in [4.78, 5) is 24.6. The first-order valence-corrected chi connectivity index (χ1v) is 9.37. The Labute approximate surface area is 160 Å². The molecule has 3 rings (SSSR count). The van der Waals surface area contributed by atoms with Gasteiger partial charge in [0.05, 0.1) is 18.2 Å². The number of para-hydroxylation sites is 2. The average molecular weight is 366 g/mol. The highest BCUT2D eigenvalue weighted by atomic mass is 16.5. The lowest BCUT2D eigenvalue weighted by Gasteiger charge is -2.26. The Morgan fingerprint density at radius 2 is 1.81 bits per heavy atom. The van der Waals surface area contributed by atoms with E-state index >= 15 is 0 Å². The maximum Gasteiger partial charge on any atom is 0.266 e. The molecule has 27 heavy (non-hydrogen) atoms. The average Bonchev–Trinajstić information content (AvgIpc) is 2.62. The van der Waals surface area contributed by atoms with Gasteiger partial charge in [0.2, 0.25) is 5.91 Å². The van der Waals surface area contributed by atoms with Crippen LogP contribution < -0.4 is 15.4 Å². The number of amides is 2. The van der Waals surface area contributed by atoms with Gasteiger partial charge in [-0.3, -0.25) is 9.59 Å². The third-order valence-electron chi connectivity index (χ3n) is 4.58. The van der Waals surface area contributed by atoms with Crippen LogP contribution in [0.4, 0.5) is 5.69 Å². The number of anilines is 1. The smallest absolute Gasteiger partial charge is 0.266 e. The molecule has 5 nitrogen and oxygen atoms in total. The maximum absolute atomic E-state index is 12.4. The Morgan fingerprint density at radius 1 is 1.11 bits per heavy atom. The zero-order valence-corrected chi connectivity index (χ0v) is 16.0. The molecule has 0 bridgehead atoms. The predicted octanol–water partition coefficient (Wildman–Crippen LogP) is 3.85. The molecule has 0 saturated heterocycles. The van der Waals surface area contributed by atoms with Gasteiger partial charge >= 0.3 is 0 Å². The molecule has 1 aliphatic heterocycles. The lowest BCUT2D eigenvalue weighted by molar-refractivity contribution is -0.130. The van der Waals surface area contributed by atoms with E-state index in [0.717, 1.165) is 12.0 Å². The largest absolute Gasteiger partial charge is 0.478 e. The first-order valence-electron chi connectivity index (χ1n) is 9.37. The fourth-order valence-corrected chi connectivity index (χ4v) is 3.19. The van der Waals surface area contributed by atoms with Crippen molar-refractivity contribution in [2.75, 3.05) is 5.32 Å². The van der Waals surface area contributed by atoms with Gasteiger partial charge in [0.25, 0.3) is 5.91 Å². The molecule has 1 heterocycles. The van der Waals surface area contributed by atoms with Gasteiger partial charge in [-0.15, -0.1) is 0 Å². The van der Waals surface area contributed by atoms with E-state index in [1.807, 2.05) is 31.2 Å². The monoisotopic (exact) mass is 366 g/mol. The molecule has 2 aromatic carbocycles. The van der Waals surface area contributed by atoms with E-state index in [-0.39, 0.29) is 24.3 Å².